The second-order valence-electron chi connectivity index (χ2n) is 6.27. The summed E-state index contributed by atoms with van der Waals surface area (Å²) in [6.07, 6.45) is 3.00. The highest BCUT2D eigenvalue weighted by Gasteiger charge is 2.28. The summed E-state index contributed by atoms with van der Waals surface area (Å²) in [5.74, 6) is 1.18. The maximum absolute atomic E-state index is 12.1. The summed E-state index contributed by atoms with van der Waals surface area (Å²) in [7, 11) is 0. The van der Waals surface area contributed by atoms with Crippen LogP contribution in [0.5, 0.6) is 0 Å². The molecule has 1 aliphatic rings. The van der Waals surface area contributed by atoms with Crippen LogP contribution in [0.25, 0.3) is 0 Å². The average Bonchev–Trinajstić information content (AvgIpc) is 2.44. The summed E-state index contributed by atoms with van der Waals surface area (Å²) >= 11 is 0. The molecule has 0 radical (unpaired) electrons. The fraction of sp³-hybridized carbons (Fsp3) is 0.588. The number of benzene rings is 1. The number of carbonyl (C=O) groups excluding carboxylic acids is 1. The molecule has 116 valence electrons. The smallest absolute Gasteiger partial charge is 0.319 e. The van der Waals surface area contributed by atoms with E-state index in [9.17, 15) is 9.90 Å². The minimum Gasteiger partial charge on any atom is -0.389 e. The third-order valence-corrected chi connectivity index (χ3v) is 4.67. The summed E-state index contributed by atoms with van der Waals surface area (Å²) in [6.45, 7) is 6.19. The second-order valence-corrected chi connectivity index (χ2v) is 6.27. The number of anilines is 1. The molecule has 1 aromatic rings. The van der Waals surface area contributed by atoms with Crippen molar-refractivity contribution in [3.63, 3.8) is 0 Å². The van der Waals surface area contributed by atoms with Crippen molar-refractivity contribution in [1.82, 2.24) is 5.32 Å². The Bertz CT molecular complexity index is 470. The van der Waals surface area contributed by atoms with Gasteiger partial charge in [-0.1, -0.05) is 38.8 Å². The van der Waals surface area contributed by atoms with E-state index in [0.29, 0.717) is 11.8 Å². The Hall–Kier alpha value is -1.55. The van der Waals surface area contributed by atoms with Crippen LogP contribution in [-0.4, -0.2) is 17.2 Å². The summed E-state index contributed by atoms with van der Waals surface area (Å²) in [5.41, 5.74) is 1.59. The van der Waals surface area contributed by atoms with Crippen LogP contribution in [0.15, 0.2) is 24.3 Å². The van der Waals surface area contributed by atoms with Gasteiger partial charge in [-0.05, 0) is 42.9 Å². The van der Waals surface area contributed by atoms with Crippen LogP contribution in [0, 0.1) is 11.8 Å². The van der Waals surface area contributed by atoms with Crippen LogP contribution < -0.4 is 10.6 Å². The average molecular weight is 290 g/mol. The molecule has 4 nitrogen and oxygen atoms in total. The van der Waals surface area contributed by atoms with Gasteiger partial charge in [-0.2, -0.15) is 0 Å². The number of hydrogen-bond acceptors (Lipinski definition) is 2. The lowest BCUT2D eigenvalue weighted by atomic mass is 9.78. The van der Waals surface area contributed by atoms with E-state index in [1.54, 1.807) is 6.92 Å². The molecular weight excluding hydrogens is 264 g/mol. The molecule has 0 spiro atoms. The van der Waals surface area contributed by atoms with E-state index < -0.39 is 6.10 Å². The Kier molecular flexibility index (Phi) is 5.23. The Morgan fingerprint density at radius 2 is 1.90 bits per heavy atom. The number of nitrogens with one attached hydrogen (secondary N) is 2. The summed E-state index contributed by atoms with van der Waals surface area (Å²) < 4.78 is 0. The highest BCUT2D eigenvalue weighted by atomic mass is 16.3. The molecule has 4 heteroatoms. The van der Waals surface area contributed by atoms with E-state index in [1.165, 1.54) is 12.8 Å². The van der Waals surface area contributed by atoms with Crippen molar-refractivity contribution in [2.24, 2.45) is 11.8 Å². The molecule has 3 N–H and O–H groups in total. The van der Waals surface area contributed by atoms with E-state index in [0.717, 1.165) is 17.7 Å². The number of aliphatic hydroxyl groups is 1. The standard InChI is InChI=1S/C17H26N2O2/c1-11-5-4-6-16(12(11)2)19-17(21)18-15-9-7-14(8-10-15)13(3)20/h7-13,16,20H,4-6H2,1-3H3,(H2,18,19,21). The van der Waals surface area contributed by atoms with Gasteiger partial charge in [0, 0.05) is 11.7 Å². The highest BCUT2D eigenvalue weighted by molar-refractivity contribution is 5.89. The van der Waals surface area contributed by atoms with Gasteiger partial charge in [0.2, 0.25) is 0 Å². The number of rotatable bonds is 3. The fourth-order valence-corrected chi connectivity index (χ4v) is 2.97. The van der Waals surface area contributed by atoms with Gasteiger partial charge in [0.1, 0.15) is 0 Å². The van der Waals surface area contributed by atoms with E-state index in [4.69, 9.17) is 0 Å². The number of urea groups is 1. The zero-order valence-corrected chi connectivity index (χ0v) is 13.1. The molecule has 21 heavy (non-hydrogen) atoms. The maximum Gasteiger partial charge on any atom is 0.319 e. The van der Waals surface area contributed by atoms with Gasteiger partial charge < -0.3 is 15.7 Å². The van der Waals surface area contributed by atoms with Crippen molar-refractivity contribution < 1.29 is 9.90 Å². The van der Waals surface area contributed by atoms with Gasteiger partial charge in [-0.3, -0.25) is 0 Å². The molecular formula is C17H26N2O2. The van der Waals surface area contributed by atoms with Crippen LogP contribution in [-0.2, 0) is 0 Å². The molecule has 0 bridgehead atoms. The van der Waals surface area contributed by atoms with Gasteiger partial charge in [-0.15, -0.1) is 0 Å². The van der Waals surface area contributed by atoms with Crippen LogP contribution in [0.4, 0.5) is 10.5 Å². The topological polar surface area (TPSA) is 61.4 Å². The van der Waals surface area contributed by atoms with Gasteiger partial charge in [-0.25, -0.2) is 4.79 Å². The Morgan fingerprint density at radius 3 is 2.52 bits per heavy atom. The largest absolute Gasteiger partial charge is 0.389 e. The van der Waals surface area contributed by atoms with Crippen molar-refractivity contribution in [2.45, 2.75) is 52.2 Å². The van der Waals surface area contributed by atoms with Gasteiger partial charge in [0.25, 0.3) is 0 Å². The quantitative estimate of drug-likeness (QED) is 0.795. The van der Waals surface area contributed by atoms with Crippen molar-refractivity contribution in [3.05, 3.63) is 29.8 Å². The number of carbonyl (C=O) groups is 1. The fourth-order valence-electron chi connectivity index (χ4n) is 2.97. The first-order chi connectivity index (χ1) is 9.97. The lowest BCUT2D eigenvalue weighted by molar-refractivity contribution is 0.199. The van der Waals surface area contributed by atoms with Crippen LogP contribution in [0.3, 0.4) is 0 Å². The van der Waals surface area contributed by atoms with Crippen LogP contribution >= 0.6 is 0 Å². The summed E-state index contributed by atoms with van der Waals surface area (Å²) in [5, 5.41) is 15.4. The molecule has 2 amide bonds. The molecule has 1 saturated carbocycles. The minimum atomic E-state index is -0.488. The molecule has 0 aliphatic heterocycles. The molecule has 0 saturated heterocycles. The zero-order valence-electron chi connectivity index (χ0n) is 13.1. The lowest BCUT2D eigenvalue weighted by Gasteiger charge is -2.34. The molecule has 1 aromatic carbocycles. The third-order valence-electron chi connectivity index (χ3n) is 4.67. The van der Waals surface area contributed by atoms with Crippen molar-refractivity contribution in [1.29, 1.82) is 0 Å². The molecule has 4 atom stereocenters. The molecule has 4 unspecified atom stereocenters. The number of hydrogen-bond donors (Lipinski definition) is 3. The summed E-state index contributed by atoms with van der Waals surface area (Å²) in [6, 6.07) is 7.39. The normalized spacial score (nSPS) is 27.0. The first kappa shape index (κ1) is 15.8. The molecule has 0 heterocycles. The third kappa shape index (κ3) is 4.21. The van der Waals surface area contributed by atoms with Crippen molar-refractivity contribution >= 4 is 11.7 Å². The zero-order chi connectivity index (χ0) is 15.4. The molecule has 1 fully saturated rings. The Balaban J connectivity index is 1.89. The van der Waals surface area contributed by atoms with E-state index >= 15 is 0 Å². The number of amides is 2. The van der Waals surface area contributed by atoms with Gasteiger partial charge >= 0.3 is 6.03 Å². The van der Waals surface area contributed by atoms with Crippen molar-refractivity contribution in [2.75, 3.05) is 5.32 Å². The maximum atomic E-state index is 12.1. The Labute approximate surface area is 126 Å². The first-order valence-electron chi connectivity index (χ1n) is 7.83. The second kappa shape index (κ2) is 6.94. The predicted octanol–water partition coefficient (Wildman–Crippen LogP) is 3.69. The molecule has 0 aromatic heterocycles. The van der Waals surface area contributed by atoms with Crippen molar-refractivity contribution in [3.8, 4) is 0 Å². The van der Waals surface area contributed by atoms with Crippen LogP contribution in [0.1, 0.15) is 51.7 Å². The SMILES string of the molecule is CC(O)c1ccc(NC(=O)NC2CCCC(C)C2C)cc1. The van der Waals surface area contributed by atoms with E-state index in [2.05, 4.69) is 24.5 Å². The van der Waals surface area contributed by atoms with E-state index in [-0.39, 0.29) is 12.1 Å². The lowest BCUT2D eigenvalue weighted by Crippen LogP contribution is -2.45. The minimum absolute atomic E-state index is 0.147. The van der Waals surface area contributed by atoms with Crippen LogP contribution in [0.2, 0.25) is 0 Å². The number of aliphatic hydroxyl groups excluding tert-OH is 1. The monoisotopic (exact) mass is 290 g/mol. The molecule has 1 aliphatic carbocycles. The summed E-state index contributed by atoms with van der Waals surface area (Å²) in [4.78, 5) is 12.1. The molecule has 2 rings (SSSR count). The highest BCUT2D eigenvalue weighted by Crippen LogP contribution is 2.29. The first-order valence-corrected chi connectivity index (χ1v) is 7.83. The predicted molar refractivity (Wildman–Crippen MR) is 85.2 cm³/mol. The van der Waals surface area contributed by atoms with Gasteiger partial charge in [0.15, 0.2) is 0 Å². The Morgan fingerprint density at radius 1 is 1.24 bits per heavy atom. The van der Waals surface area contributed by atoms with E-state index in [1.807, 2.05) is 24.3 Å². The van der Waals surface area contributed by atoms with Gasteiger partial charge in [0.05, 0.1) is 6.10 Å².